The van der Waals surface area contributed by atoms with E-state index >= 15 is 0 Å². The van der Waals surface area contributed by atoms with Gasteiger partial charge in [-0.15, -0.1) is 10.2 Å². The highest BCUT2D eigenvalue weighted by atomic mass is 32.2. The molecule has 1 aliphatic rings. The maximum atomic E-state index is 12.5. The van der Waals surface area contributed by atoms with Gasteiger partial charge in [-0.3, -0.25) is 4.79 Å². The van der Waals surface area contributed by atoms with Crippen LogP contribution in [-0.2, 0) is 21.7 Å². The van der Waals surface area contributed by atoms with Crippen LogP contribution in [0.5, 0.6) is 0 Å². The van der Waals surface area contributed by atoms with Crippen molar-refractivity contribution in [3.05, 3.63) is 35.2 Å². The zero-order valence-electron chi connectivity index (χ0n) is 16.6. The minimum Gasteiger partial charge on any atom is -0.325 e. The number of nitrogens with zero attached hydrogens (tertiary/aromatic N) is 3. The topological polar surface area (TPSA) is 94.0 Å². The van der Waals surface area contributed by atoms with E-state index in [1.54, 1.807) is 4.57 Å². The minimum absolute atomic E-state index is 0.103. The summed E-state index contributed by atoms with van der Waals surface area (Å²) < 4.78 is 25.2. The fraction of sp³-hybridized carbons (Fsp3) is 0.526. The average Bonchev–Trinajstić information content (AvgIpc) is 3.16. The molecule has 0 bridgehead atoms. The molecule has 0 radical (unpaired) electrons. The summed E-state index contributed by atoms with van der Waals surface area (Å²) in [6, 6.07) is 6.02. The number of hydrogen-bond acceptors (Lipinski definition) is 6. The molecule has 1 amide bonds. The highest BCUT2D eigenvalue weighted by Gasteiger charge is 2.32. The van der Waals surface area contributed by atoms with Crippen molar-refractivity contribution in [3.63, 3.8) is 0 Å². The number of rotatable bonds is 6. The van der Waals surface area contributed by atoms with E-state index in [0.29, 0.717) is 23.3 Å². The van der Waals surface area contributed by atoms with Gasteiger partial charge in [0, 0.05) is 18.7 Å². The van der Waals surface area contributed by atoms with Crippen LogP contribution in [0, 0.1) is 6.92 Å². The molecule has 0 aliphatic carbocycles. The molecule has 28 heavy (non-hydrogen) atoms. The van der Waals surface area contributed by atoms with Crippen LogP contribution in [0.15, 0.2) is 23.4 Å². The highest BCUT2D eigenvalue weighted by molar-refractivity contribution is 7.99. The Morgan fingerprint density at radius 2 is 2.11 bits per heavy atom. The number of aryl methyl sites for hydroxylation is 1. The lowest BCUT2D eigenvalue weighted by molar-refractivity contribution is -0.113. The van der Waals surface area contributed by atoms with Gasteiger partial charge in [0.2, 0.25) is 5.91 Å². The Kier molecular flexibility index (Phi) is 6.14. The third-order valence-electron chi connectivity index (χ3n) is 4.99. The predicted octanol–water partition coefficient (Wildman–Crippen LogP) is 2.88. The van der Waals surface area contributed by atoms with Gasteiger partial charge in [0.15, 0.2) is 15.0 Å². The lowest BCUT2D eigenvalue weighted by Gasteiger charge is -2.16. The summed E-state index contributed by atoms with van der Waals surface area (Å²) in [6.07, 6.45) is 0.574. The fourth-order valence-electron chi connectivity index (χ4n) is 3.45. The molecule has 1 saturated heterocycles. The molecule has 1 aromatic heterocycles. The number of para-hydroxylation sites is 1. The zero-order chi connectivity index (χ0) is 20.5. The van der Waals surface area contributed by atoms with E-state index < -0.39 is 9.84 Å². The monoisotopic (exact) mass is 422 g/mol. The first-order valence-corrected chi connectivity index (χ1v) is 12.1. The van der Waals surface area contributed by atoms with Gasteiger partial charge in [0.1, 0.15) is 5.82 Å². The molecule has 0 spiro atoms. The van der Waals surface area contributed by atoms with Crippen molar-refractivity contribution in [2.75, 3.05) is 22.6 Å². The van der Waals surface area contributed by atoms with Crippen LogP contribution >= 0.6 is 11.8 Å². The molecule has 9 heteroatoms. The molecule has 1 fully saturated rings. The molecular weight excluding hydrogens is 396 g/mol. The van der Waals surface area contributed by atoms with Crippen LogP contribution in [-0.4, -0.2) is 46.3 Å². The summed E-state index contributed by atoms with van der Waals surface area (Å²) in [5.74, 6) is 1.29. The van der Waals surface area contributed by atoms with Crippen LogP contribution in [0.3, 0.4) is 0 Å². The Labute approximate surface area is 170 Å². The van der Waals surface area contributed by atoms with Crippen LogP contribution < -0.4 is 5.32 Å². The Morgan fingerprint density at radius 1 is 1.36 bits per heavy atom. The first-order chi connectivity index (χ1) is 13.2. The first kappa shape index (κ1) is 20.9. The molecule has 1 unspecified atom stereocenters. The van der Waals surface area contributed by atoms with Gasteiger partial charge in [-0.1, -0.05) is 43.8 Å². The van der Waals surface area contributed by atoms with Gasteiger partial charge in [-0.2, -0.15) is 0 Å². The van der Waals surface area contributed by atoms with Crippen molar-refractivity contribution in [3.8, 4) is 0 Å². The molecule has 1 aromatic carbocycles. The largest absolute Gasteiger partial charge is 0.325 e. The van der Waals surface area contributed by atoms with Gasteiger partial charge in [-0.05, 0) is 30.4 Å². The van der Waals surface area contributed by atoms with E-state index in [9.17, 15) is 13.2 Å². The number of nitrogens with one attached hydrogen (secondary N) is 1. The van der Waals surface area contributed by atoms with E-state index in [0.717, 1.165) is 16.8 Å². The quantitative estimate of drug-likeness (QED) is 0.720. The standard InChI is InChI=1S/C19H26N4O3S2/c1-12(2)15-7-5-6-13(3)17(15)20-16(24)10-27-19-22-21-18(23(19)4)14-8-9-28(25,26)11-14/h5-7,12,14H,8-11H2,1-4H3,(H,20,24). The predicted molar refractivity (Wildman–Crippen MR) is 112 cm³/mol. The summed E-state index contributed by atoms with van der Waals surface area (Å²) in [6.45, 7) is 6.19. The van der Waals surface area contributed by atoms with E-state index in [1.807, 2.05) is 32.2 Å². The summed E-state index contributed by atoms with van der Waals surface area (Å²) in [4.78, 5) is 12.5. The maximum absolute atomic E-state index is 12.5. The summed E-state index contributed by atoms with van der Waals surface area (Å²) in [5.41, 5.74) is 3.02. The molecule has 1 atom stereocenters. The van der Waals surface area contributed by atoms with Crippen molar-refractivity contribution in [2.24, 2.45) is 7.05 Å². The molecule has 1 aliphatic heterocycles. The third kappa shape index (κ3) is 4.57. The van der Waals surface area contributed by atoms with Crippen molar-refractivity contribution in [1.82, 2.24) is 14.8 Å². The number of hydrogen-bond donors (Lipinski definition) is 1. The number of thioether (sulfide) groups is 1. The second-order valence-electron chi connectivity index (χ2n) is 7.53. The van der Waals surface area contributed by atoms with Gasteiger partial charge in [0.05, 0.1) is 17.3 Å². The minimum atomic E-state index is -2.98. The Balaban J connectivity index is 1.65. The number of carbonyl (C=O) groups is 1. The smallest absolute Gasteiger partial charge is 0.234 e. The SMILES string of the molecule is Cc1cccc(C(C)C)c1NC(=O)CSc1nnc(C2CCS(=O)(=O)C2)n1C. The molecule has 2 aromatic rings. The maximum Gasteiger partial charge on any atom is 0.234 e. The Bertz CT molecular complexity index is 983. The van der Waals surface area contributed by atoms with Gasteiger partial charge < -0.3 is 9.88 Å². The summed E-state index contributed by atoms with van der Waals surface area (Å²) in [5, 5.41) is 12.0. The first-order valence-electron chi connectivity index (χ1n) is 9.30. The number of aromatic nitrogens is 3. The molecule has 152 valence electrons. The highest BCUT2D eigenvalue weighted by Crippen LogP contribution is 2.30. The van der Waals surface area contributed by atoms with Crippen LogP contribution in [0.2, 0.25) is 0 Å². The second-order valence-corrected chi connectivity index (χ2v) is 10.7. The molecule has 3 rings (SSSR count). The molecule has 0 saturated carbocycles. The lowest BCUT2D eigenvalue weighted by Crippen LogP contribution is -2.17. The van der Waals surface area contributed by atoms with Crippen molar-refractivity contribution < 1.29 is 13.2 Å². The Hall–Kier alpha value is -1.87. The number of sulfone groups is 1. The second kappa shape index (κ2) is 8.24. The summed E-state index contributed by atoms with van der Waals surface area (Å²) >= 11 is 1.30. The van der Waals surface area contributed by atoms with Gasteiger partial charge in [-0.25, -0.2) is 8.42 Å². The third-order valence-corrected chi connectivity index (χ3v) is 7.78. The molecule has 7 nitrogen and oxygen atoms in total. The number of benzene rings is 1. The van der Waals surface area contributed by atoms with Crippen LogP contribution in [0.4, 0.5) is 5.69 Å². The normalized spacial score (nSPS) is 18.5. The van der Waals surface area contributed by atoms with E-state index in [2.05, 4.69) is 29.4 Å². The fourth-order valence-corrected chi connectivity index (χ4v) is 5.91. The van der Waals surface area contributed by atoms with E-state index in [4.69, 9.17) is 0 Å². The number of anilines is 1. The van der Waals surface area contributed by atoms with Crippen LogP contribution in [0.25, 0.3) is 0 Å². The van der Waals surface area contributed by atoms with E-state index in [-0.39, 0.29) is 29.1 Å². The van der Waals surface area contributed by atoms with Crippen molar-refractivity contribution in [1.29, 1.82) is 0 Å². The number of carbonyl (C=O) groups excluding carboxylic acids is 1. The number of amides is 1. The van der Waals surface area contributed by atoms with Crippen LogP contribution in [0.1, 0.15) is 49.1 Å². The average molecular weight is 423 g/mol. The van der Waals surface area contributed by atoms with Crippen molar-refractivity contribution >= 4 is 33.2 Å². The zero-order valence-corrected chi connectivity index (χ0v) is 18.2. The summed E-state index contributed by atoms with van der Waals surface area (Å²) in [7, 11) is -1.16. The molecule has 2 heterocycles. The lowest BCUT2D eigenvalue weighted by atomic mass is 9.98. The van der Waals surface area contributed by atoms with E-state index in [1.165, 1.54) is 11.8 Å². The van der Waals surface area contributed by atoms with Crippen molar-refractivity contribution in [2.45, 2.75) is 44.2 Å². The Morgan fingerprint density at radius 3 is 2.75 bits per heavy atom. The molecule has 1 N–H and O–H groups in total. The van der Waals surface area contributed by atoms with Gasteiger partial charge >= 0.3 is 0 Å². The van der Waals surface area contributed by atoms with Gasteiger partial charge in [0.25, 0.3) is 0 Å². The molecular formula is C19H26N4O3S2.